The molecule has 1 N–H and O–H groups in total. The molecule has 1 fully saturated rings. The van der Waals surface area contributed by atoms with Crippen LogP contribution >= 0.6 is 0 Å². The fourth-order valence-electron chi connectivity index (χ4n) is 3.60. The van der Waals surface area contributed by atoms with Crippen molar-refractivity contribution in [2.75, 3.05) is 0 Å². The summed E-state index contributed by atoms with van der Waals surface area (Å²) >= 11 is 0. The second-order valence-electron chi connectivity index (χ2n) is 7.90. The van der Waals surface area contributed by atoms with E-state index in [9.17, 15) is 24.3 Å². The molecule has 1 heterocycles. The van der Waals surface area contributed by atoms with E-state index in [1.807, 2.05) is 0 Å². The number of rotatable bonds is 3. The monoisotopic (exact) mass is 420 g/mol. The van der Waals surface area contributed by atoms with E-state index in [2.05, 4.69) is 6.58 Å². The van der Waals surface area contributed by atoms with E-state index in [0.29, 0.717) is 0 Å². The summed E-state index contributed by atoms with van der Waals surface area (Å²) in [7, 11) is 0. The van der Waals surface area contributed by atoms with Crippen molar-refractivity contribution in [2.24, 2.45) is 5.92 Å². The molecule has 8 nitrogen and oxygen atoms in total. The van der Waals surface area contributed by atoms with Crippen molar-refractivity contribution >= 4 is 23.7 Å². The second kappa shape index (κ2) is 8.95. The minimum atomic E-state index is -2.19. The molecule has 0 aromatic carbocycles. The van der Waals surface area contributed by atoms with Crippen LogP contribution in [0.15, 0.2) is 35.5 Å². The Labute approximate surface area is 175 Å². The zero-order chi connectivity index (χ0) is 22.8. The summed E-state index contributed by atoms with van der Waals surface area (Å²) < 4.78 is 16.4. The normalized spacial score (nSPS) is 32.7. The third kappa shape index (κ3) is 4.70. The average Bonchev–Trinajstić information content (AvgIpc) is 2.94. The number of allylic oxidation sites excluding steroid dienone is 2. The van der Waals surface area contributed by atoms with Gasteiger partial charge in [0, 0.05) is 30.9 Å². The number of carbonyl (C=O) groups excluding carboxylic acids is 4. The van der Waals surface area contributed by atoms with Crippen molar-refractivity contribution in [3.8, 4) is 0 Å². The summed E-state index contributed by atoms with van der Waals surface area (Å²) in [6, 6.07) is 0. The lowest BCUT2D eigenvalue weighted by molar-refractivity contribution is -0.195. The first-order chi connectivity index (χ1) is 13.9. The lowest BCUT2D eigenvalue weighted by atomic mass is 9.77. The van der Waals surface area contributed by atoms with Crippen LogP contribution in [0, 0.1) is 5.92 Å². The van der Waals surface area contributed by atoms with Crippen LogP contribution in [0.4, 0.5) is 0 Å². The maximum Gasteiger partial charge on any atom is 0.334 e. The minimum Gasteiger partial charge on any atom is -0.458 e. The van der Waals surface area contributed by atoms with Gasteiger partial charge in [0.05, 0.1) is 5.92 Å². The van der Waals surface area contributed by atoms with Crippen molar-refractivity contribution in [2.45, 2.75) is 71.4 Å². The topological polar surface area (TPSA) is 116 Å². The second-order valence-corrected chi connectivity index (χ2v) is 7.90. The van der Waals surface area contributed by atoms with E-state index >= 15 is 0 Å². The maximum absolute atomic E-state index is 12.8. The largest absolute Gasteiger partial charge is 0.458 e. The third-order valence-electron chi connectivity index (χ3n) is 5.54. The molecule has 0 saturated carbocycles. The van der Waals surface area contributed by atoms with Gasteiger partial charge in [0.2, 0.25) is 0 Å². The van der Waals surface area contributed by atoms with Crippen LogP contribution in [-0.4, -0.2) is 52.7 Å². The number of Topliss-reactive ketones (excluding diaryl/α,β-unsaturated/α-hetero) is 1. The molecule has 164 valence electrons. The predicted molar refractivity (Wildman–Crippen MR) is 106 cm³/mol. The zero-order valence-corrected chi connectivity index (χ0v) is 17.9. The third-order valence-corrected chi connectivity index (χ3v) is 5.54. The van der Waals surface area contributed by atoms with Gasteiger partial charge in [0.25, 0.3) is 0 Å². The van der Waals surface area contributed by atoms with Crippen molar-refractivity contribution in [3.63, 3.8) is 0 Å². The quantitative estimate of drug-likeness (QED) is 0.319. The minimum absolute atomic E-state index is 0.0182. The number of hydrogen-bond acceptors (Lipinski definition) is 8. The van der Waals surface area contributed by atoms with Gasteiger partial charge in [0.1, 0.15) is 6.10 Å². The van der Waals surface area contributed by atoms with Gasteiger partial charge in [-0.05, 0) is 27.7 Å². The number of aliphatic hydroxyl groups is 1. The van der Waals surface area contributed by atoms with Gasteiger partial charge in [-0.1, -0.05) is 24.3 Å². The summed E-state index contributed by atoms with van der Waals surface area (Å²) in [6.07, 6.45) is -0.392. The van der Waals surface area contributed by atoms with E-state index in [4.69, 9.17) is 14.2 Å². The van der Waals surface area contributed by atoms with Crippen LogP contribution in [0.2, 0.25) is 0 Å². The van der Waals surface area contributed by atoms with Gasteiger partial charge in [-0.25, -0.2) is 9.59 Å². The fraction of sp³-hybridized carbons (Fsp3) is 0.545. The lowest BCUT2D eigenvalue weighted by Crippen LogP contribution is -2.58. The van der Waals surface area contributed by atoms with Crippen molar-refractivity contribution in [1.29, 1.82) is 0 Å². The molecule has 0 radical (unpaired) electrons. The molecule has 30 heavy (non-hydrogen) atoms. The van der Waals surface area contributed by atoms with Gasteiger partial charge in [-0.15, -0.1) is 0 Å². The summed E-state index contributed by atoms with van der Waals surface area (Å²) in [5, 5.41) is 11.1. The van der Waals surface area contributed by atoms with E-state index < -0.39 is 53.5 Å². The number of ketones is 1. The first-order valence-electron chi connectivity index (χ1n) is 9.72. The van der Waals surface area contributed by atoms with Crippen molar-refractivity contribution in [1.82, 2.24) is 0 Å². The summed E-state index contributed by atoms with van der Waals surface area (Å²) in [4.78, 5) is 49.5. The Morgan fingerprint density at radius 1 is 1.30 bits per heavy atom. The van der Waals surface area contributed by atoms with Crippen LogP contribution in [0.1, 0.15) is 47.5 Å². The Morgan fingerprint density at radius 2 is 1.93 bits per heavy atom. The van der Waals surface area contributed by atoms with E-state index in [-0.39, 0.29) is 24.0 Å². The molecule has 1 aliphatic carbocycles. The van der Waals surface area contributed by atoms with Crippen molar-refractivity contribution < 1.29 is 38.5 Å². The van der Waals surface area contributed by atoms with Crippen LogP contribution in [0.5, 0.6) is 0 Å². The van der Waals surface area contributed by atoms with Crippen molar-refractivity contribution in [3.05, 3.63) is 35.5 Å². The Bertz CT molecular complexity index is 832. The Morgan fingerprint density at radius 3 is 2.50 bits per heavy atom. The zero-order valence-electron chi connectivity index (χ0n) is 17.9. The molecule has 1 saturated heterocycles. The maximum atomic E-state index is 12.8. The Hall–Kier alpha value is -2.74. The molecular formula is C22H28O8. The number of ether oxygens (including phenoxy) is 3. The highest BCUT2D eigenvalue weighted by Crippen LogP contribution is 2.40. The first-order valence-corrected chi connectivity index (χ1v) is 9.72. The van der Waals surface area contributed by atoms with Crippen LogP contribution in [0.3, 0.4) is 0 Å². The Kier molecular flexibility index (Phi) is 7.02. The number of esters is 3. The molecule has 0 bridgehead atoms. The SMILES string of the molecule is C=C1C(=O)OC2CC(C)=CCC(=O)C(C)(O)C(OC(C)=O)C(OC(=O)C(C)=CC)C12. The highest BCUT2D eigenvalue weighted by molar-refractivity contribution is 5.93. The molecule has 0 aromatic rings. The Balaban J connectivity index is 2.68. The lowest BCUT2D eigenvalue weighted by Gasteiger charge is -2.39. The van der Waals surface area contributed by atoms with Gasteiger partial charge >= 0.3 is 17.9 Å². The van der Waals surface area contributed by atoms with Crippen LogP contribution in [0.25, 0.3) is 0 Å². The smallest absolute Gasteiger partial charge is 0.334 e. The molecule has 2 aliphatic rings. The highest BCUT2D eigenvalue weighted by Gasteiger charge is 2.55. The van der Waals surface area contributed by atoms with Crippen LogP contribution in [-0.2, 0) is 33.4 Å². The molecule has 8 heteroatoms. The predicted octanol–water partition coefficient (Wildman–Crippen LogP) is 1.95. The van der Waals surface area contributed by atoms with Gasteiger partial charge in [0.15, 0.2) is 23.6 Å². The average molecular weight is 420 g/mol. The summed E-state index contributed by atoms with van der Waals surface area (Å²) in [6.45, 7) is 11.0. The first kappa shape index (κ1) is 23.5. The van der Waals surface area contributed by atoms with E-state index in [1.54, 1.807) is 19.9 Å². The molecule has 0 amide bonds. The van der Waals surface area contributed by atoms with E-state index in [0.717, 1.165) is 12.5 Å². The summed E-state index contributed by atoms with van der Waals surface area (Å²) in [5.74, 6) is -3.73. The molecule has 1 aliphatic heterocycles. The van der Waals surface area contributed by atoms with Crippen LogP contribution < -0.4 is 0 Å². The van der Waals surface area contributed by atoms with Gasteiger partial charge in [-0.3, -0.25) is 9.59 Å². The van der Waals surface area contributed by atoms with Gasteiger partial charge in [-0.2, -0.15) is 0 Å². The molecule has 2 rings (SSSR count). The summed E-state index contributed by atoms with van der Waals surface area (Å²) in [5.41, 5.74) is -1.14. The standard InChI is InChI=1S/C22H28O8/c1-7-12(3)20(25)30-18-17-13(4)21(26)29-15(17)10-11(2)8-9-16(24)22(6,27)19(18)28-14(5)23/h7-8,15,17-19,27H,4,9-10H2,1-3,5-6H3. The fourth-order valence-corrected chi connectivity index (χ4v) is 3.60. The van der Waals surface area contributed by atoms with E-state index in [1.165, 1.54) is 19.9 Å². The number of carbonyl (C=O) groups is 4. The molecule has 5 atom stereocenters. The molecule has 0 aromatic heterocycles. The number of fused-ring (bicyclic) bond motifs is 1. The number of hydrogen-bond donors (Lipinski definition) is 1. The molecule has 5 unspecified atom stereocenters. The molecular weight excluding hydrogens is 392 g/mol. The van der Waals surface area contributed by atoms with Gasteiger partial charge < -0.3 is 19.3 Å². The molecule has 0 spiro atoms. The highest BCUT2D eigenvalue weighted by atomic mass is 16.6.